The third-order valence-corrected chi connectivity index (χ3v) is 5.49. The molecule has 0 saturated heterocycles. The Hall–Kier alpha value is -3.72. The normalized spacial score (nSPS) is 10.9. The van der Waals surface area contributed by atoms with Crippen LogP contribution in [0.4, 0.5) is 11.4 Å². The second kappa shape index (κ2) is 9.86. The molecular weight excluding hydrogens is 416 g/mol. The van der Waals surface area contributed by atoms with Gasteiger partial charge >= 0.3 is 0 Å². The highest BCUT2D eigenvalue weighted by Crippen LogP contribution is 2.18. The van der Waals surface area contributed by atoms with Gasteiger partial charge < -0.3 is 10.6 Å². The number of hydrogen-bond acceptors (Lipinski definition) is 5. The van der Waals surface area contributed by atoms with Gasteiger partial charge in [0.2, 0.25) is 15.9 Å². The number of rotatable bonds is 8. The van der Waals surface area contributed by atoms with Gasteiger partial charge in [-0.1, -0.05) is 36.4 Å². The minimum Gasteiger partial charge on any atom is -0.348 e. The van der Waals surface area contributed by atoms with Crippen LogP contribution in [0.2, 0.25) is 0 Å². The molecule has 3 rings (SSSR count). The van der Waals surface area contributed by atoms with Crippen LogP contribution in [0.3, 0.4) is 0 Å². The number of aromatic nitrogens is 1. The largest absolute Gasteiger partial charge is 0.348 e. The van der Waals surface area contributed by atoms with E-state index in [2.05, 4.69) is 15.6 Å². The molecule has 0 unspecified atom stereocenters. The van der Waals surface area contributed by atoms with Crippen molar-refractivity contribution in [3.8, 4) is 0 Å². The summed E-state index contributed by atoms with van der Waals surface area (Å²) in [5.74, 6) is -0.940. The number of para-hydroxylation sites is 2. The van der Waals surface area contributed by atoms with E-state index in [1.807, 2.05) is 6.07 Å². The highest BCUT2D eigenvalue weighted by molar-refractivity contribution is 7.92. The number of anilines is 2. The van der Waals surface area contributed by atoms with Crippen LogP contribution in [0, 0.1) is 0 Å². The van der Waals surface area contributed by atoms with E-state index in [9.17, 15) is 18.0 Å². The third kappa shape index (κ3) is 6.13. The highest BCUT2D eigenvalue weighted by atomic mass is 32.2. The molecular formula is C22H22N4O4S. The van der Waals surface area contributed by atoms with Crippen molar-refractivity contribution in [2.75, 3.05) is 22.4 Å². The third-order valence-electron chi connectivity index (χ3n) is 4.35. The molecule has 0 fully saturated rings. The molecule has 1 heterocycles. The van der Waals surface area contributed by atoms with E-state index in [0.717, 1.165) is 16.1 Å². The van der Waals surface area contributed by atoms with Crippen molar-refractivity contribution in [1.29, 1.82) is 0 Å². The summed E-state index contributed by atoms with van der Waals surface area (Å²) in [6, 6.07) is 18.5. The van der Waals surface area contributed by atoms with Crippen molar-refractivity contribution < 1.29 is 18.0 Å². The van der Waals surface area contributed by atoms with Crippen molar-refractivity contribution in [3.05, 3.63) is 90.3 Å². The monoisotopic (exact) mass is 438 g/mol. The van der Waals surface area contributed by atoms with Crippen LogP contribution < -0.4 is 14.9 Å². The molecule has 31 heavy (non-hydrogen) atoms. The lowest BCUT2D eigenvalue weighted by atomic mass is 10.1. The molecule has 0 radical (unpaired) electrons. The van der Waals surface area contributed by atoms with Crippen LogP contribution in [-0.2, 0) is 21.4 Å². The predicted octanol–water partition coefficient (Wildman–Crippen LogP) is 2.42. The maximum atomic E-state index is 12.6. The summed E-state index contributed by atoms with van der Waals surface area (Å²) in [5, 5.41) is 5.43. The zero-order valence-corrected chi connectivity index (χ0v) is 17.7. The first-order valence-electron chi connectivity index (χ1n) is 9.43. The molecule has 9 heteroatoms. The van der Waals surface area contributed by atoms with E-state index >= 15 is 0 Å². The minimum atomic E-state index is -3.68. The van der Waals surface area contributed by atoms with Crippen LogP contribution >= 0.6 is 0 Å². The van der Waals surface area contributed by atoms with Gasteiger partial charge in [0.25, 0.3) is 5.91 Å². The Balaban J connectivity index is 1.72. The number of pyridine rings is 1. The van der Waals surface area contributed by atoms with Crippen molar-refractivity contribution in [1.82, 2.24) is 10.3 Å². The average molecular weight is 439 g/mol. The molecule has 160 valence electrons. The molecule has 2 N–H and O–H groups in total. The summed E-state index contributed by atoms with van der Waals surface area (Å²) in [7, 11) is -3.68. The number of nitrogens with zero attached hydrogens (tertiary/aromatic N) is 2. The van der Waals surface area contributed by atoms with E-state index in [-0.39, 0.29) is 23.7 Å². The lowest BCUT2D eigenvalue weighted by Crippen LogP contribution is -2.37. The van der Waals surface area contributed by atoms with Gasteiger partial charge in [0, 0.05) is 18.9 Å². The van der Waals surface area contributed by atoms with Crippen LogP contribution in [0.15, 0.2) is 79.1 Å². The van der Waals surface area contributed by atoms with Crippen molar-refractivity contribution in [2.45, 2.75) is 6.54 Å². The number of hydrogen-bond donors (Lipinski definition) is 2. The second-order valence-corrected chi connectivity index (χ2v) is 8.65. The summed E-state index contributed by atoms with van der Waals surface area (Å²) in [4.78, 5) is 29.3. The number of benzene rings is 2. The molecule has 0 aliphatic heterocycles. The first kappa shape index (κ1) is 22.0. The van der Waals surface area contributed by atoms with E-state index in [0.29, 0.717) is 5.69 Å². The van der Waals surface area contributed by atoms with Crippen LogP contribution in [0.25, 0.3) is 0 Å². The highest BCUT2D eigenvalue weighted by Gasteiger charge is 2.21. The Morgan fingerprint density at radius 3 is 2.35 bits per heavy atom. The fraction of sp³-hybridized carbons (Fsp3) is 0.136. The topological polar surface area (TPSA) is 108 Å². The smallest absolute Gasteiger partial charge is 0.253 e. The van der Waals surface area contributed by atoms with Gasteiger partial charge in [0.05, 0.1) is 23.2 Å². The number of nitrogens with one attached hydrogen (secondary N) is 2. The second-order valence-electron chi connectivity index (χ2n) is 6.74. The number of carbonyl (C=O) groups is 2. The minimum absolute atomic E-state index is 0.269. The maximum Gasteiger partial charge on any atom is 0.253 e. The molecule has 2 aromatic carbocycles. The molecule has 0 spiro atoms. The maximum absolute atomic E-state index is 12.6. The molecule has 0 saturated carbocycles. The van der Waals surface area contributed by atoms with Crippen molar-refractivity contribution >= 4 is 33.2 Å². The van der Waals surface area contributed by atoms with Gasteiger partial charge in [-0.25, -0.2) is 8.42 Å². The summed E-state index contributed by atoms with van der Waals surface area (Å²) in [6.07, 6.45) is 4.33. The fourth-order valence-corrected chi connectivity index (χ4v) is 3.74. The van der Waals surface area contributed by atoms with Gasteiger partial charge in [-0.3, -0.25) is 18.9 Å². The molecule has 8 nitrogen and oxygen atoms in total. The SMILES string of the molecule is CS(=O)(=O)N(CC(=O)Nc1ccccc1C(=O)NCc1cccnc1)c1ccccc1. The molecule has 0 bridgehead atoms. The Morgan fingerprint density at radius 1 is 0.968 bits per heavy atom. The quantitative estimate of drug-likeness (QED) is 0.562. The van der Waals surface area contributed by atoms with E-state index in [4.69, 9.17) is 0 Å². The van der Waals surface area contributed by atoms with Crippen LogP contribution in [-0.4, -0.2) is 38.0 Å². The lowest BCUT2D eigenvalue weighted by molar-refractivity contribution is -0.114. The fourth-order valence-electron chi connectivity index (χ4n) is 2.88. The zero-order chi connectivity index (χ0) is 22.3. The molecule has 0 aliphatic carbocycles. The summed E-state index contributed by atoms with van der Waals surface area (Å²) < 4.78 is 25.4. The van der Waals surface area contributed by atoms with E-state index in [1.165, 1.54) is 0 Å². The zero-order valence-electron chi connectivity index (χ0n) is 16.9. The summed E-state index contributed by atoms with van der Waals surface area (Å²) in [6.45, 7) is -0.140. The summed E-state index contributed by atoms with van der Waals surface area (Å²) in [5.41, 5.74) is 1.77. The van der Waals surface area contributed by atoms with Gasteiger partial charge in [0.15, 0.2) is 0 Å². The molecule has 3 aromatic rings. The van der Waals surface area contributed by atoms with Crippen LogP contribution in [0.5, 0.6) is 0 Å². The number of amides is 2. The predicted molar refractivity (Wildman–Crippen MR) is 119 cm³/mol. The van der Waals surface area contributed by atoms with Crippen molar-refractivity contribution in [2.24, 2.45) is 0 Å². The van der Waals surface area contributed by atoms with Gasteiger partial charge in [-0.2, -0.15) is 0 Å². The van der Waals surface area contributed by atoms with Gasteiger partial charge in [-0.15, -0.1) is 0 Å². The van der Waals surface area contributed by atoms with E-state index in [1.54, 1.807) is 73.1 Å². The Kier molecular flexibility index (Phi) is 6.99. The molecule has 2 amide bonds. The van der Waals surface area contributed by atoms with Gasteiger partial charge in [0.1, 0.15) is 6.54 Å². The van der Waals surface area contributed by atoms with E-state index < -0.39 is 22.5 Å². The lowest BCUT2D eigenvalue weighted by Gasteiger charge is -2.22. The summed E-state index contributed by atoms with van der Waals surface area (Å²) >= 11 is 0. The number of sulfonamides is 1. The Bertz CT molecular complexity index is 1150. The average Bonchev–Trinajstić information content (AvgIpc) is 2.77. The molecule has 0 aliphatic rings. The first-order valence-corrected chi connectivity index (χ1v) is 11.3. The Labute approximate surface area is 181 Å². The molecule has 1 aromatic heterocycles. The standard InChI is InChI=1S/C22H22N4O4S/c1-31(29,30)26(18-9-3-2-4-10-18)16-21(27)25-20-12-6-5-11-19(20)22(28)24-15-17-8-7-13-23-14-17/h2-14H,15-16H2,1H3,(H,24,28)(H,25,27). The van der Waals surface area contributed by atoms with Crippen LogP contribution in [0.1, 0.15) is 15.9 Å². The van der Waals surface area contributed by atoms with Crippen molar-refractivity contribution in [3.63, 3.8) is 0 Å². The first-order chi connectivity index (χ1) is 14.8. The number of carbonyl (C=O) groups excluding carboxylic acids is 2. The molecule has 0 atom stereocenters. The van der Waals surface area contributed by atoms with Gasteiger partial charge in [-0.05, 0) is 35.9 Å². The Morgan fingerprint density at radius 2 is 1.68 bits per heavy atom.